The first-order chi connectivity index (χ1) is 10.1. The molecule has 0 atom stereocenters. The fraction of sp³-hybridized carbons (Fsp3) is 0.353. The fourth-order valence-corrected chi connectivity index (χ4v) is 2.19. The normalized spacial score (nSPS) is 10.4. The van der Waals surface area contributed by atoms with Gasteiger partial charge in [-0.25, -0.2) is 0 Å². The van der Waals surface area contributed by atoms with Gasteiger partial charge >= 0.3 is 0 Å². The number of nitrogens with one attached hydrogen (secondary N) is 2. The van der Waals surface area contributed by atoms with E-state index in [1.807, 2.05) is 44.2 Å². The van der Waals surface area contributed by atoms with E-state index >= 15 is 0 Å². The summed E-state index contributed by atoms with van der Waals surface area (Å²) in [5, 5.41) is 2.94. The second-order valence-corrected chi connectivity index (χ2v) is 5.14. The van der Waals surface area contributed by atoms with Crippen LogP contribution in [0.3, 0.4) is 0 Å². The topological polar surface area (TPSA) is 54.1 Å². The summed E-state index contributed by atoms with van der Waals surface area (Å²) in [6.07, 6.45) is 1.20. The molecule has 0 saturated heterocycles. The van der Waals surface area contributed by atoms with Crippen LogP contribution in [0.1, 0.15) is 29.8 Å². The van der Waals surface area contributed by atoms with Crippen LogP contribution >= 0.6 is 0 Å². The summed E-state index contributed by atoms with van der Waals surface area (Å²) in [5.74, 6) is 0.904. The van der Waals surface area contributed by atoms with Crippen molar-refractivity contribution < 1.29 is 9.53 Å². The number of para-hydroxylation sites is 1. The van der Waals surface area contributed by atoms with Crippen molar-refractivity contribution in [3.8, 4) is 5.75 Å². The molecule has 4 nitrogen and oxygen atoms in total. The first kappa shape index (κ1) is 15.2. The van der Waals surface area contributed by atoms with Gasteiger partial charge in [0.15, 0.2) is 0 Å². The van der Waals surface area contributed by atoms with Crippen molar-refractivity contribution >= 4 is 5.91 Å². The van der Waals surface area contributed by atoms with Gasteiger partial charge in [-0.3, -0.25) is 4.79 Å². The van der Waals surface area contributed by atoms with Crippen LogP contribution in [0.4, 0.5) is 0 Å². The molecule has 0 fully saturated rings. The lowest BCUT2D eigenvalue weighted by atomic mass is 10.2. The molecular formula is C17H22N2O2. The third kappa shape index (κ3) is 4.99. The highest BCUT2D eigenvalue weighted by Crippen LogP contribution is 2.10. The molecule has 1 aromatic carbocycles. The molecule has 0 saturated carbocycles. The predicted molar refractivity (Wildman–Crippen MR) is 83.3 cm³/mol. The van der Waals surface area contributed by atoms with Crippen LogP contribution in [0, 0.1) is 13.8 Å². The van der Waals surface area contributed by atoms with E-state index in [1.165, 1.54) is 0 Å². The summed E-state index contributed by atoms with van der Waals surface area (Å²) in [5.41, 5.74) is 3.37. The van der Waals surface area contributed by atoms with Crippen LogP contribution in [0.25, 0.3) is 0 Å². The Morgan fingerprint density at radius 2 is 2.00 bits per heavy atom. The van der Waals surface area contributed by atoms with Crippen LogP contribution in [0.15, 0.2) is 36.4 Å². The Balaban J connectivity index is 1.63. The molecule has 2 aromatic rings. The van der Waals surface area contributed by atoms with Crippen LogP contribution in [-0.4, -0.2) is 17.5 Å². The van der Waals surface area contributed by atoms with Crippen LogP contribution in [-0.2, 0) is 11.3 Å². The molecular weight excluding hydrogens is 264 g/mol. The molecule has 1 amide bonds. The van der Waals surface area contributed by atoms with E-state index in [2.05, 4.69) is 16.4 Å². The van der Waals surface area contributed by atoms with E-state index in [9.17, 15) is 4.79 Å². The third-order valence-corrected chi connectivity index (χ3v) is 3.29. The zero-order valence-electron chi connectivity index (χ0n) is 12.6. The molecule has 0 radical (unpaired) electrons. The Labute approximate surface area is 125 Å². The van der Waals surface area contributed by atoms with E-state index in [0.29, 0.717) is 26.0 Å². The van der Waals surface area contributed by atoms with Gasteiger partial charge in [0.1, 0.15) is 5.75 Å². The minimum absolute atomic E-state index is 0.0601. The van der Waals surface area contributed by atoms with Gasteiger partial charge in [0.2, 0.25) is 5.91 Å². The lowest BCUT2D eigenvalue weighted by molar-refractivity contribution is -0.121. The molecule has 112 valence electrons. The average Bonchev–Trinajstić information content (AvgIpc) is 2.80. The Morgan fingerprint density at radius 3 is 2.67 bits per heavy atom. The molecule has 4 heteroatoms. The van der Waals surface area contributed by atoms with Crippen molar-refractivity contribution in [2.24, 2.45) is 0 Å². The van der Waals surface area contributed by atoms with Gasteiger partial charge in [-0.2, -0.15) is 0 Å². The zero-order valence-corrected chi connectivity index (χ0v) is 12.6. The number of benzene rings is 1. The highest BCUT2D eigenvalue weighted by molar-refractivity contribution is 5.75. The molecule has 0 bridgehead atoms. The standard InChI is InChI=1S/C17H22N2O2/c1-13-11-15(14(2)19-13)12-18-17(20)9-6-10-21-16-7-4-3-5-8-16/h3-5,7-8,11,19H,6,9-10,12H2,1-2H3,(H,18,20). The lowest BCUT2D eigenvalue weighted by Crippen LogP contribution is -2.23. The molecule has 0 aliphatic rings. The van der Waals surface area contributed by atoms with Crippen molar-refractivity contribution in [1.82, 2.24) is 10.3 Å². The molecule has 1 heterocycles. The number of carbonyl (C=O) groups excluding carboxylic acids is 1. The van der Waals surface area contributed by atoms with Crippen LogP contribution in [0.2, 0.25) is 0 Å². The fourth-order valence-electron chi connectivity index (χ4n) is 2.19. The molecule has 0 unspecified atom stereocenters. The first-order valence-corrected chi connectivity index (χ1v) is 7.25. The quantitative estimate of drug-likeness (QED) is 0.768. The summed E-state index contributed by atoms with van der Waals surface area (Å²) in [6, 6.07) is 11.7. The summed E-state index contributed by atoms with van der Waals surface area (Å²) in [4.78, 5) is 15.0. The largest absolute Gasteiger partial charge is 0.494 e. The predicted octanol–water partition coefficient (Wildman–Crippen LogP) is 3.11. The maximum absolute atomic E-state index is 11.8. The number of hydrogen-bond donors (Lipinski definition) is 2. The summed E-state index contributed by atoms with van der Waals surface area (Å²) in [6.45, 7) is 5.16. The van der Waals surface area contributed by atoms with Gasteiger partial charge in [-0.1, -0.05) is 18.2 Å². The number of carbonyl (C=O) groups is 1. The minimum Gasteiger partial charge on any atom is -0.494 e. The SMILES string of the molecule is Cc1cc(CNC(=O)CCCOc2ccccc2)c(C)[nH]1. The maximum Gasteiger partial charge on any atom is 0.220 e. The second-order valence-electron chi connectivity index (χ2n) is 5.14. The Hall–Kier alpha value is -2.23. The summed E-state index contributed by atoms with van der Waals surface area (Å²) >= 11 is 0. The number of amides is 1. The number of H-pyrrole nitrogens is 1. The van der Waals surface area contributed by atoms with Crippen molar-refractivity contribution in [3.63, 3.8) is 0 Å². The van der Waals surface area contributed by atoms with Gasteiger partial charge in [0.05, 0.1) is 6.61 Å². The van der Waals surface area contributed by atoms with Crippen molar-refractivity contribution in [2.45, 2.75) is 33.2 Å². The Bertz CT molecular complexity index is 576. The monoisotopic (exact) mass is 286 g/mol. The number of rotatable bonds is 7. The number of hydrogen-bond acceptors (Lipinski definition) is 2. The molecule has 0 aliphatic heterocycles. The second kappa shape index (κ2) is 7.53. The average molecular weight is 286 g/mol. The van der Waals surface area contributed by atoms with Gasteiger partial charge in [-0.05, 0) is 44.0 Å². The molecule has 2 N–H and O–H groups in total. The number of aryl methyl sites for hydroxylation is 2. The van der Waals surface area contributed by atoms with Crippen molar-refractivity contribution in [2.75, 3.05) is 6.61 Å². The summed E-state index contributed by atoms with van der Waals surface area (Å²) < 4.78 is 5.56. The molecule has 1 aromatic heterocycles. The highest BCUT2D eigenvalue weighted by Gasteiger charge is 2.05. The van der Waals surface area contributed by atoms with Crippen LogP contribution in [0.5, 0.6) is 5.75 Å². The molecule has 21 heavy (non-hydrogen) atoms. The maximum atomic E-state index is 11.8. The van der Waals surface area contributed by atoms with Gasteiger partial charge < -0.3 is 15.0 Å². The lowest BCUT2D eigenvalue weighted by Gasteiger charge is -2.07. The Kier molecular flexibility index (Phi) is 5.43. The summed E-state index contributed by atoms with van der Waals surface area (Å²) in [7, 11) is 0. The third-order valence-electron chi connectivity index (χ3n) is 3.29. The molecule has 0 spiro atoms. The van der Waals surface area contributed by atoms with Gasteiger partial charge in [0.25, 0.3) is 0 Å². The highest BCUT2D eigenvalue weighted by atomic mass is 16.5. The number of ether oxygens (including phenoxy) is 1. The zero-order chi connectivity index (χ0) is 15.1. The van der Waals surface area contributed by atoms with Crippen LogP contribution < -0.4 is 10.1 Å². The minimum atomic E-state index is 0.0601. The van der Waals surface area contributed by atoms with E-state index in [-0.39, 0.29) is 5.91 Å². The van der Waals surface area contributed by atoms with Crippen molar-refractivity contribution in [1.29, 1.82) is 0 Å². The Morgan fingerprint density at radius 1 is 1.24 bits per heavy atom. The van der Waals surface area contributed by atoms with E-state index in [0.717, 1.165) is 22.7 Å². The molecule has 0 aliphatic carbocycles. The molecule has 2 rings (SSSR count). The van der Waals surface area contributed by atoms with Gasteiger partial charge in [-0.15, -0.1) is 0 Å². The number of aromatic nitrogens is 1. The van der Waals surface area contributed by atoms with Crippen molar-refractivity contribution in [3.05, 3.63) is 53.3 Å². The number of aromatic amines is 1. The van der Waals surface area contributed by atoms with E-state index in [4.69, 9.17) is 4.74 Å². The van der Waals surface area contributed by atoms with E-state index in [1.54, 1.807) is 0 Å². The van der Waals surface area contributed by atoms with E-state index < -0.39 is 0 Å². The smallest absolute Gasteiger partial charge is 0.220 e. The van der Waals surface area contributed by atoms with Gasteiger partial charge in [0, 0.05) is 24.4 Å². The first-order valence-electron chi connectivity index (χ1n) is 7.25.